The number of halogens is 1. The zero-order valence-electron chi connectivity index (χ0n) is 11.7. The molecular weight excluding hydrogens is 322 g/mol. The minimum absolute atomic E-state index is 0.0187. The van der Waals surface area contributed by atoms with E-state index in [2.05, 4.69) is 15.5 Å². The van der Waals surface area contributed by atoms with E-state index in [1.807, 2.05) is 12.1 Å². The largest absolute Gasteiger partial charge is 0.371 e. The fourth-order valence-electron chi connectivity index (χ4n) is 2.12. The Labute approximate surface area is 137 Å². The van der Waals surface area contributed by atoms with Gasteiger partial charge in [-0.3, -0.25) is 10.1 Å². The number of hydrogen-bond acceptors (Lipinski definition) is 5. The topological polar surface area (TPSA) is 64.1 Å². The Bertz CT molecular complexity index is 696. The summed E-state index contributed by atoms with van der Waals surface area (Å²) in [6.07, 6.45) is 5.15. The third kappa shape index (κ3) is 3.91. The van der Waals surface area contributed by atoms with E-state index >= 15 is 0 Å². The number of nitrogens with one attached hydrogen (secondary N) is 1. The second-order valence-electron chi connectivity index (χ2n) is 4.82. The number of rotatable bonds is 4. The molecular formula is C15H14ClN3O2S. The van der Waals surface area contributed by atoms with Gasteiger partial charge in [-0.2, -0.15) is 0 Å². The highest BCUT2D eigenvalue weighted by Crippen LogP contribution is 2.31. The third-order valence-corrected chi connectivity index (χ3v) is 4.32. The Hall–Kier alpha value is -1.76. The molecule has 5 nitrogen and oxygen atoms in total. The third-order valence-electron chi connectivity index (χ3n) is 3.15. The Kier molecular flexibility index (Phi) is 4.82. The summed E-state index contributed by atoms with van der Waals surface area (Å²) in [6, 6.07) is 7.27. The molecule has 0 saturated carbocycles. The molecule has 0 bridgehead atoms. The van der Waals surface area contributed by atoms with Crippen molar-refractivity contribution >= 4 is 40.1 Å². The molecule has 1 N–H and O–H groups in total. The molecule has 2 heterocycles. The van der Waals surface area contributed by atoms with Crippen LogP contribution in [0.5, 0.6) is 0 Å². The maximum atomic E-state index is 11.9. The van der Waals surface area contributed by atoms with Crippen molar-refractivity contribution in [2.75, 3.05) is 11.9 Å². The van der Waals surface area contributed by atoms with Gasteiger partial charge in [0.2, 0.25) is 11.0 Å². The molecule has 22 heavy (non-hydrogen) atoms. The van der Waals surface area contributed by atoms with Crippen LogP contribution in [0, 0.1) is 0 Å². The van der Waals surface area contributed by atoms with Crippen molar-refractivity contribution in [2.45, 2.75) is 18.9 Å². The summed E-state index contributed by atoms with van der Waals surface area (Å²) < 4.78 is 5.54. The summed E-state index contributed by atoms with van der Waals surface area (Å²) >= 11 is 7.24. The highest BCUT2D eigenvalue weighted by atomic mass is 35.5. The average Bonchev–Trinajstić information content (AvgIpc) is 3.16. The number of nitrogens with zero attached hydrogens (tertiary/aromatic N) is 2. The lowest BCUT2D eigenvalue weighted by atomic mass is 10.2. The summed E-state index contributed by atoms with van der Waals surface area (Å²) in [4.78, 5) is 11.9. The molecule has 2 aromatic rings. The van der Waals surface area contributed by atoms with Gasteiger partial charge >= 0.3 is 0 Å². The number of anilines is 1. The van der Waals surface area contributed by atoms with E-state index in [4.69, 9.17) is 16.3 Å². The predicted octanol–water partition coefficient (Wildman–Crippen LogP) is 3.69. The normalized spacial score (nSPS) is 18.0. The van der Waals surface area contributed by atoms with Crippen LogP contribution in [0.15, 0.2) is 30.3 Å². The fourth-order valence-corrected chi connectivity index (χ4v) is 3.15. The van der Waals surface area contributed by atoms with Crippen LogP contribution < -0.4 is 5.32 Å². The van der Waals surface area contributed by atoms with E-state index in [1.165, 1.54) is 17.4 Å². The average molecular weight is 336 g/mol. The van der Waals surface area contributed by atoms with E-state index < -0.39 is 0 Å². The second-order valence-corrected chi connectivity index (χ2v) is 6.27. The molecule has 7 heteroatoms. The van der Waals surface area contributed by atoms with Gasteiger partial charge in [-0.25, -0.2) is 0 Å². The minimum Gasteiger partial charge on any atom is -0.371 e. The summed E-state index contributed by atoms with van der Waals surface area (Å²) in [5.74, 6) is -0.255. The van der Waals surface area contributed by atoms with Crippen LogP contribution >= 0.6 is 22.9 Å². The molecule has 1 aliphatic rings. The number of ether oxygens (including phenoxy) is 1. The molecule has 1 fully saturated rings. The molecule has 114 valence electrons. The van der Waals surface area contributed by atoms with Gasteiger partial charge in [0.15, 0.2) is 0 Å². The van der Waals surface area contributed by atoms with E-state index in [-0.39, 0.29) is 12.0 Å². The van der Waals surface area contributed by atoms with Gasteiger partial charge in [0.05, 0.1) is 0 Å². The maximum absolute atomic E-state index is 11.9. The van der Waals surface area contributed by atoms with Gasteiger partial charge in [-0.1, -0.05) is 35.1 Å². The maximum Gasteiger partial charge on any atom is 0.250 e. The summed E-state index contributed by atoms with van der Waals surface area (Å²) in [5, 5.41) is 12.7. The van der Waals surface area contributed by atoms with Crippen molar-refractivity contribution < 1.29 is 9.53 Å². The molecule has 1 aromatic carbocycles. The Balaban J connectivity index is 1.59. The van der Waals surface area contributed by atoms with Crippen molar-refractivity contribution in [2.24, 2.45) is 0 Å². The summed E-state index contributed by atoms with van der Waals surface area (Å²) in [6.45, 7) is 0.758. The monoisotopic (exact) mass is 335 g/mol. The number of aromatic nitrogens is 2. The van der Waals surface area contributed by atoms with Crippen molar-refractivity contribution in [1.29, 1.82) is 0 Å². The van der Waals surface area contributed by atoms with Crippen molar-refractivity contribution in [3.8, 4) is 0 Å². The molecule has 1 saturated heterocycles. The molecule has 0 spiro atoms. The standard InChI is InChI=1S/C15H14ClN3O2S/c16-11-4-1-3-10(9-11)6-7-13(20)17-15-19-18-14(22-15)12-5-2-8-21-12/h1,3-4,6-7,9,12H,2,5,8H2,(H,17,19,20)/b7-6+. The molecule has 1 aromatic heterocycles. The number of carbonyl (C=O) groups excluding carboxylic acids is 1. The van der Waals surface area contributed by atoms with Gasteiger partial charge in [0.25, 0.3) is 0 Å². The Morgan fingerprint density at radius 3 is 3.14 bits per heavy atom. The van der Waals surface area contributed by atoms with E-state index in [9.17, 15) is 4.79 Å². The SMILES string of the molecule is O=C(/C=C/c1cccc(Cl)c1)Nc1nnc(C2CCCO2)s1. The fraction of sp³-hybridized carbons (Fsp3) is 0.267. The zero-order chi connectivity index (χ0) is 15.4. The van der Waals surface area contributed by atoms with Gasteiger partial charge in [-0.05, 0) is 36.6 Å². The first-order valence-corrected chi connectivity index (χ1v) is 8.10. The van der Waals surface area contributed by atoms with Crippen LogP contribution in [0.4, 0.5) is 5.13 Å². The molecule has 0 radical (unpaired) electrons. The smallest absolute Gasteiger partial charge is 0.250 e. The first-order chi connectivity index (χ1) is 10.7. The molecule has 1 atom stereocenters. The number of hydrogen-bond donors (Lipinski definition) is 1. The molecule has 1 aliphatic heterocycles. The van der Waals surface area contributed by atoms with Crippen LogP contribution in [0.25, 0.3) is 6.08 Å². The summed E-state index contributed by atoms with van der Waals surface area (Å²) in [7, 11) is 0. The van der Waals surface area contributed by atoms with Crippen molar-refractivity contribution in [3.05, 3.63) is 45.9 Å². The Morgan fingerprint density at radius 1 is 1.45 bits per heavy atom. The Morgan fingerprint density at radius 2 is 2.36 bits per heavy atom. The van der Waals surface area contributed by atoms with Gasteiger partial charge < -0.3 is 4.74 Å². The lowest BCUT2D eigenvalue weighted by Gasteiger charge is -2.01. The minimum atomic E-state index is -0.255. The first kappa shape index (κ1) is 15.1. The number of benzene rings is 1. The van der Waals surface area contributed by atoms with Gasteiger partial charge in [0.1, 0.15) is 11.1 Å². The zero-order valence-corrected chi connectivity index (χ0v) is 13.2. The van der Waals surface area contributed by atoms with Crippen molar-refractivity contribution in [3.63, 3.8) is 0 Å². The predicted molar refractivity (Wildman–Crippen MR) is 87.0 cm³/mol. The van der Waals surface area contributed by atoms with Crippen LogP contribution in [0.2, 0.25) is 5.02 Å². The lowest BCUT2D eigenvalue weighted by molar-refractivity contribution is -0.111. The first-order valence-electron chi connectivity index (χ1n) is 6.90. The summed E-state index contributed by atoms with van der Waals surface area (Å²) in [5.41, 5.74) is 0.861. The number of amides is 1. The van der Waals surface area contributed by atoms with Crippen LogP contribution in [0.3, 0.4) is 0 Å². The highest BCUT2D eigenvalue weighted by Gasteiger charge is 2.22. The van der Waals surface area contributed by atoms with Gasteiger partial charge in [0, 0.05) is 17.7 Å². The van der Waals surface area contributed by atoms with Crippen molar-refractivity contribution in [1.82, 2.24) is 10.2 Å². The molecule has 1 amide bonds. The lowest BCUT2D eigenvalue weighted by Crippen LogP contribution is -2.07. The second kappa shape index (κ2) is 7.00. The highest BCUT2D eigenvalue weighted by molar-refractivity contribution is 7.15. The molecule has 3 rings (SSSR count). The van der Waals surface area contributed by atoms with Crippen LogP contribution in [-0.4, -0.2) is 22.7 Å². The van der Waals surface area contributed by atoms with E-state index in [0.29, 0.717) is 10.2 Å². The van der Waals surface area contributed by atoms with Gasteiger partial charge in [-0.15, -0.1) is 10.2 Å². The molecule has 0 aliphatic carbocycles. The van der Waals surface area contributed by atoms with Crippen LogP contribution in [0.1, 0.15) is 29.5 Å². The van der Waals surface area contributed by atoms with E-state index in [1.54, 1.807) is 18.2 Å². The van der Waals surface area contributed by atoms with Crippen LogP contribution in [-0.2, 0) is 9.53 Å². The molecule has 1 unspecified atom stereocenters. The quantitative estimate of drug-likeness (QED) is 0.865. The number of carbonyl (C=O) groups is 1. The van der Waals surface area contributed by atoms with E-state index in [0.717, 1.165) is 30.0 Å².